The van der Waals surface area contributed by atoms with Gasteiger partial charge in [0.1, 0.15) is 5.82 Å². The van der Waals surface area contributed by atoms with Gasteiger partial charge in [0.15, 0.2) is 9.84 Å². The van der Waals surface area contributed by atoms with E-state index >= 15 is 0 Å². The predicted molar refractivity (Wildman–Crippen MR) is 99.2 cm³/mol. The van der Waals surface area contributed by atoms with Crippen molar-refractivity contribution in [1.82, 2.24) is 15.1 Å². The Labute approximate surface area is 156 Å². The van der Waals surface area contributed by atoms with Gasteiger partial charge in [-0.25, -0.2) is 13.1 Å². The minimum Gasteiger partial charge on any atom is -0.345 e. The van der Waals surface area contributed by atoms with Crippen LogP contribution in [-0.2, 0) is 14.6 Å². The second kappa shape index (κ2) is 6.49. The van der Waals surface area contributed by atoms with Crippen LogP contribution in [0.3, 0.4) is 0 Å². The van der Waals surface area contributed by atoms with E-state index in [0.29, 0.717) is 23.5 Å². The van der Waals surface area contributed by atoms with Crippen LogP contribution in [0.1, 0.15) is 46.5 Å². The molecule has 8 nitrogen and oxygen atoms in total. The van der Waals surface area contributed by atoms with E-state index in [2.05, 4.69) is 15.7 Å². The summed E-state index contributed by atoms with van der Waals surface area (Å²) in [7, 11) is -3.06. The number of nitrogens with zero attached hydrogens (tertiary/aromatic N) is 2. The van der Waals surface area contributed by atoms with Crippen LogP contribution in [-0.4, -0.2) is 41.5 Å². The van der Waals surface area contributed by atoms with Gasteiger partial charge in [-0.15, -0.1) is 0 Å². The highest BCUT2D eigenvalue weighted by Crippen LogP contribution is 2.29. The van der Waals surface area contributed by atoms with Crippen molar-refractivity contribution in [3.8, 4) is 0 Å². The summed E-state index contributed by atoms with van der Waals surface area (Å²) in [6.07, 6.45) is 0.578. The molecule has 0 radical (unpaired) electrons. The predicted octanol–water partition coefficient (Wildman–Crippen LogP) is 1.36. The number of nitrogens with one attached hydrogen (secondary N) is 2. The summed E-state index contributed by atoms with van der Waals surface area (Å²) in [6.45, 7) is 1.79. The lowest BCUT2D eigenvalue weighted by molar-refractivity contribution is -0.116. The van der Waals surface area contributed by atoms with Gasteiger partial charge < -0.3 is 10.6 Å². The molecule has 9 heteroatoms. The summed E-state index contributed by atoms with van der Waals surface area (Å²) >= 11 is 0. The van der Waals surface area contributed by atoms with E-state index in [9.17, 15) is 18.0 Å². The molecule has 2 atom stereocenters. The van der Waals surface area contributed by atoms with Crippen LogP contribution in [0, 0.1) is 6.92 Å². The maximum absolute atomic E-state index is 12.6. The van der Waals surface area contributed by atoms with Crippen molar-refractivity contribution in [3.63, 3.8) is 0 Å². The fourth-order valence-corrected chi connectivity index (χ4v) is 5.41. The maximum atomic E-state index is 12.6. The Bertz CT molecular complexity index is 1030. The van der Waals surface area contributed by atoms with E-state index in [4.69, 9.17) is 0 Å². The van der Waals surface area contributed by atoms with Crippen molar-refractivity contribution in [2.75, 3.05) is 16.8 Å². The Kier molecular flexibility index (Phi) is 4.26. The van der Waals surface area contributed by atoms with Gasteiger partial charge in [0.05, 0.1) is 35.7 Å². The third-order valence-corrected chi connectivity index (χ3v) is 6.71. The van der Waals surface area contributed by atoms with Gasteiger partial charge in [0, 0.05) is 11.6 Å². The lowest BCUT2D eigenvalue weighted by Gasteiger charge is -2.15. The molecule has 2 aliphatic heterocycles. The number of carbonyl (C=O) groups is 2. The van der Waals surface area contributed by atoms with Gasteiger partial charge in [-0.3, -0.25) is 9.59 Å². The number of benzene rings is 1. The number of hydrogen-bond acceptors (Lipinski definition) is 5. The molecule has 1 fully saturated rings. The number of rotatable bonds is 4. The third-order valence-electron chi connectivity index (χ3n) is 4.96. The normalized spacial score (nSPS) is 23.1. The number of carbonyl (C=O) groups excluding carboxylic acids is 2. The van der Waals surface area contributed by atoms with Gasteiger partial charge >= 0.3 is 0 Å². The van der Waals surface area contributed by atoms with Crippen LogP contribution >= 0.6 is 0 Å². The molecule has 0 bridgehead atoms. The summed E-state index contributed by atoms with van der Waals surface area (Å²) < 4.78 is 25.1. The zero-order valence-corrected chi connectivity index (χ0v) is 15.6. The number of hydrogen-bond donors (Lipinski definition) is 2. The van der Waals surface area contributed by atoms with Crippen molar-refractivity contribution in [2.24, 2.45) is 0 Å². The molecule has 142 valence electrons. The van der Waals surface area contributed by atoms with Crippen LogP contribution < -0.4 is 10.6 Å². The van der Waals surface area contributed by atoms with Gasteiger partial charge in [-0.2, -0.15) is 5.10 Å². The van der Waals surface area contributed by atoms with Crippen LogP contribution in [0.5, 0.6) is 0 Å². The largest absolute Gasteiger partial charge is 0.345 e. The highest BCUT2D eigenvalue weighted by Gasteiger charge is 2.32. The number of sulfone groups is 1. The second-order valence-corrected chi connectivity index (χ2v) is 9.27. The first-order valence-electron chi connectivity index (χ1n) is 8.78. The van der Waals surface area contributed by atoms with Gasteiger partial charge in [0.2, 0.25) is 5.91 Å². The lowest BCUT2D eigenvalue weighted by atomic mass is 10.0. The van der Waals surface area contributed by atoms with E-state index in [0.717, 1.165) is 5.56 Å². The molecule has 1 aromatic carbocycles. The Morgan fingerprint density at radius 2 is 2.15 bits per heavy atom. The molecule has 0 saturated carbocycles. The second-order valence-electron chi connectivity index (χ2n) is 7.04. The van der Waals surface area contributed by atoms with E-state index in [1.54, 1.807) is 29.8 Å². The fraction of sp³-hybridized carbons (Fsp3) is 0.389. The summed E-state index contributed by atoms with van der Waals surface area (Å²) in [4.78, 5) is 24.6. The number of aromatic nitrogens is 2. The molecule has 1 aromatic heterocycles. The van der Waals surface area contributed by atoms with Gasteiger partial charge in [0.25, 0.3) is 5.91 Å². The van der Waals surface area contributed by atoms with Crippen molar-refractivity contribution >= 4 is 27.5 Å². The van der Waals surface area contributed by atoms with E-state index in [1.807, 2.05) is 12.1 Å². The smallest absolute Gasteiger partial charge is 0.252 e. The van der Waals surface area contributed by atoms with Crippen LogP contribution in [0.4, 0.5) is 5.82 Å². The molecule has 27 heavy (non-hydrogen) atoms. The molecule has 3 heterocycles. The molecule has 4 rings (SSSR count). The Morgan fingerprint density at radius 1 is 1.37 bits per heavy atom. The van der Waals surface area contributed by atoms with Crippen LogP contribution in [0.2, 0.25) is 0 Å². The molecular weight excluding hydrogens is 368 g/mol. The topological polar surface area (TPSA) is 110 Å². The highest BCUT2D eigenvalue weighted by atomic mass is 32.2. The monoisotopic (exact) mass is 388 g/mol. The molecule has 2 aliphatic rings. The number of anilines is 1. The molecular formula is C18H20N4O4S. The van der Waals surface area contributed by atoms with E-state index < -0.39 is 9.84 Å². The number of fused-ring (bicyclic) bond motifs is 1. The van der Waals surface area contributed by atoms with Gasteiger partial charge in [-0.1, -0.05) is 18.2 Å². The van der Waals surface area contributed by atoms with Crippen molar-refractivity contribution in [3.05, 3.63) is 47.2 Å². The zero-order valence-electron chi connectivity index (χ0n) is 14.8. The summed E-state index contributed by atoms with van der Waals surface area (Å²) in [6, 6.07) is 8.28. The molecule has 0 unspecified atom stereocenters. The quantitative estimate of drug-likeness (QED) is 0.822. The minimum atomic E-state index is -3.06. The molecule has 1 saturated heterocycles. The molecule has 2 N–H and O–H groups in total. The standard InChI is InChI=1S/C18H20N4O4S/c1-11-8-16(22(21-11)12-6-7-27(25,26)10-12)20-17(23)9-15-13-4-2-3-5-14(13)18(24)19-15/h2-5,8,12,15H,6-7,9-10H2,1H3,(H,19,24)(H,20,23)/t12-,15-/m0/s1. The lowest BCUT2D eigenvalue weighted by Crippen LogP contribution is -2.25. The minimum absolute atomic E-state index is 0.0308. The molecule has 0 aliphatic carbocycles. The number of amides is 2. The Hall–Kier alpha value is -2.68. The van der Waals surface area contributed by atoms with E-state index in [1.165, 1.54) is 0 Å². The zero-order chi connectivity index (χ0) is 19.2. The fourth-order valence-electron chi connectivity index (χ4n) is 3.72. The van der Waals surface area contributed by atoms with Crippen LogP contribution in [0.25, 0.3) is 0 Å². The summed E-state index contributed by atoms with van der Waals surface area (Å²) in [5.74, 6) is 0.203. The average molecular weight is 388 g/mol. The first kappa shape index (κ1) is 17.7. The number of aryl methyl sites for hydroxylation is 1. The molecule has 2 aromatic rings. The SMILES string of the molecule is Cc1cc(NC(=O)C[C@@H]2NC(=O)c3ccccc32)n([C@H]2CCS(=O)(=O)C2)n1. The third kappa shape index (κ3) is 3.46. The maximum Gasteiger partial charge on any atom is 0.252 e. The Morgan fingerprint density at radius 3 is 2.89 bits per heavy atom. The van der Waals surface area contributed by atoms with Crippen molar-refractivity contribution in [1.29, 1.82) is 0 Å². The van der Waals surface area contributed by atoms with E-state index in [-0.39, 0.29) is 41.8 Å². The van der Waals surface area contributed by atoms with Gasteiger partial charge in [-0.05, 0) is 25.0 Å². The average Bonchev–Trinajstić information content (AvgIpc) is 3.24. The summed E-state index contributed by atoms with van der Waals surface area (Å²) in [5.41, 5.74) is 2.10. The van der Waals surface area contributed by atoms with Crippen molar-refractivity contribution in [2.45, 2.75) is 31.8 Å². The molecule has 2 amide bonds. The highest BCUT2D eigenvalue weighted by molar-refractivity contribution is 7.91. The van der Waals surface area contributed by atoms with Crippen LogP contribution in [0.15, 0.2) is 30.3 Å². The Balaban J connectivity index is 1.49. The first-order chi connectivity index (χ1) is 12.8. The first-order valence-corrected chi connectivity index (χ1v) is 10.6. The summed E-state index contributed by atoms with van der Waals surface area (Å²) in [5, 5.41) is 10.0. The molecule has 0 spiro atoms. The van der Waals surface area contributed by atoms with Crippen molar-refractivity contribution < 1.29 is 18.0 Å².